The minimum atomic E-state index is -0.899. The summed E-state index contributed by atoms with van der Waals surface area (Å²) in [5.74, 6) is -0.236. The predicted octanol–water partition coefficient (Wildman–Crippen LogP) is 1.92. The van der Waals surface area contributed by atoms with E-state index in [2.05, 4.69) is 12.1 Å². The fraction of sp³-hybridized carbons (Fsp3) is 0.133. The van der Waals surface area contributed by atoms with Crippen molar-refractivity contribution in [1.29, 1.82) is 0 Å². The number of hydrogen-bond donors (Lipinski definition) is 1. The summed E-state index contributed by atoms with van der Waals surface area (Å²) >= 11 is 0.0294. The van der Waals surface area contributed by atoms with Gasteiger partial charge >= 0.3 is 118 Å². The summed E-state index contributed by atoms with van der Waals surface area (Å²) in [6.45, 7) is 0. The van der Waals surface area contributed by atoms with Gasteiger partial charge in [0.15, 0.2) is 0 Å². The molecule has 0 saturated heterocycles. The molecule has 0 aliphatic carbocycles. The van der Waals surface area contributed by atoms with E-state index < -0.39 is 5.97 Å². The summed E-state index contributed by atoms with van der Waals surface area (Å²) in [5.41, 5.74) is 1.56. The van der Waals surface area contributed by atoms with Gasteiger partial charge in [0.25, 0.3) is 0 Å². The van der Waals surface area contributed by atoms with E-state index in [1.54, 1.807) is 19.2 Å². The second-order valence-corrected chi connectivity index (χ2v) is 5.98. The maximum absolute atomic E-state index is 11.3. The van der Waals surface area contributed by atoms with Crippen LogP contribution in [-0.4, -0.2) is 33.1 Å². The first-order valence-electron chi connectivity index (χ1n) is 5.79. The Morgan fingerprint density at radius 1 is 1.16 bits per heavy atom. The number of carboxylic acids is 1. The normalized spacial score (nSPS) is 10.2. The molecule has 0 aliphatic rings. The number of rotatable bonds is 5. The number of methoxy groups -OCH3 is 1. The molecule has 0 aliphatic heterocycles. The maximum atomic E-state index is 11.3. The average molecular weight is 321 g/mol. The Hall–Kier alpha value is -1.77. The fourth-order valence-electron chi connectivity index (χ4n) is 1.72. The fourth-order valence-corrected chi connectivity index (χ4v) is 4.05. The standard InChI is InChI=1S/C15H14O3Se/c1-18-13-9-5-8-12(15(16)17)14(13)19-10-11-6-3-2-4-7-11/h2-9H,10H2,1H3,(H,16,17). The van der Waals surface area contributed by atoms with Crippen molar-refractivity contribution < 1.29 is 14.6 Å². The molecular weight excluding hydrogens is 307 g/mol. The molecule has 1 N–H and O–H groups in total. The van der Waals surface area contributed by atoms with E-state index in [1.165, 1.54) is 5.56 Å². The van der Waals surface area contributed by atoms with Gasteiger partial charge in [-0.15, -0.1) is 0 Å². The van der Waals surface area contributed by atoms with Crippen molar-refractivity contribution in [3.05, 3.63) is 59.7 Å². The number of aromatic carboxylic acids is 1. The molecule has 0 spiro atoms. The number of carboxylic acid groups (broad SMARTS) is 1. The Balaban J connectivity index is 2.25. The molecule has 98 valence electrons. The Kier molecular flexibility index (Phi) is 4.61. The topological polar surface area (TPSA) is 46.5 Å². The summed E-state index contributed by atoms with van der Waals surface area (Å²) < 4.78 is 6.09. The Bertz CT molecular complexity index is 567. The molecular formula is C15H14O3Se. The summed E-state index contributed by atoms with van der Waals surface area (Å²) in [4.78, 5) is 11.3. The molecule has 0 bridgehead atoms. The molecule has 0 atom stereocenters. The van der Waals surface area contributed by atoms with E-state index >= 15 is 0 Å². The van der Waals surface area contributed by atoms with Crippen LogP contribution < -0.4 is 9.20 Å². The predicted molar refractivity (Wildman–Crippen MR) is 75.5 cm³/mol. The first-order valence-corrected chi connectivity index (χ1v) is 7.86. The zero-order valence-corrected chi connectivity index (χ0v) is 12.2. The van der Waals surface area contributed by atoms with Crippen molar-refractivity contribution in [3.63, 3.8) is 0 Å². The van der Waals surface area contributed by atoms with Gasteiger partial charge in [-0.05, 0) is 0 Å². The molecule has 4 heteroatoms. The molecule has 0 aromatic heterocycles. The quantitative estimate of drug-likeness (QED) is 0.856. The van der Waals surface area contributed by atoms with Gasteiger partial charge in [0.1, 0.15) is 0 Å². The van der Waals surface area contributed by atoms with Crippen LogP contribution >= 0.6 is 0 Å². The number of carbonyl (C=O) groups is 1. The van der Waals surface area contributed by atoms with E-state index in [0.717, 1.165) is 9.78 Å². The summed E-state index contributed by atoms with van der Waals surface area (Å²) in [6.07, 6.45) is 0. The van der Waals surface area contributed by atoms with Gasteiger partial charge in [0.05, 0.1) is 0 Å². The molecule has 0 fully saturated rings. The van der Waals surface area contributed by atoms with E-state index in [-0.39, 0.29) is 15.0 Å². The average Bonchev–Trinajstić information content (AvgIpc) is 2.45. The van der Waals surface area contributed by atoms with Crippen LogP contribution in [0.25, 0.3) is 0 Å². The molecule has 3 nitrogen and oxygen atoms in total. The third-order valence-corrected chi connectivity index (χ3v) is 5.15. The van der Waals surface area contributed by atoms with E-state index in [9.17, 15) is 9.90 Å². The molecule has 0 amide bonds. The van der Waals surface area contributed by atoms with Gasteiger partial charge in [-0.2, -0.15) is 0 Å². The second-order valence-electron chi connectivity index (χ2n) is 3.92. The molecule has 0 unspecified atom stereocenters. The van der Waals surface area contributed by atoms with E-state index in [0.29, 0.717) is 11.3 Å². The van der Waals surface area contributed by atoms with Crippen LogP contribution in [0.5, 0.6) is 5.75 Å². The molecule has 0 radical (unpaired) electrons. The first-order chi connectivity index (χ1) is 9.22. The van der Waals surface area contributed by atoms with Gasteiger partial charge in [0, 0.05) is 0 Å². The summed E-state index contributed by atoms with van der Waals surface area (Å²) in [5, 5.41) is 10.1. The van der Waals surface area contributed by atoms with E-state index in [4.69, 9.17) is 4.74 Å². The van der Waals surface area contributed by atoms with Gasteiger partial charge in [-0.25, -0.2) is 0 Å². The van der Waals surface area contributed by atoms with Crippen molar-refractivity contribution in [2.75, 3.05) is 7.11 Å². The SMILES string of the molecule is COc1cccc(C(=O)O)c1[Se]Cc1ccccc1. The molecule has 2 rings (SSSR count). The number of benzene rings is 2. The molecule has 0 heterocycles. The van der Waals surface area contributed by atoms with Crippen molar-refractivity contribution in [1.82, 2.24) is 0 Å². The van der Waals surface area contributed by atoms with Crippen molar-refractivity contribution in [2.45, 2.75) is 5.32 Å². The Morgan fingerprint density at radius 3 is 2.53 bits per heavy atom. The van der Waals surface area contributed by atoms with Crippen LogP contribution in [0.4, 0.5) is 0 Å². The van der Waals surface area contributed by atoms with Crippen LogP contribution in [0.1, 0.15) is 15.9 Å². The summed E-state index contributed by atoms with van der Waals surface area (Å²) in [6, 6.07) is 15.2. The monoisotopic (exact) mass is 322 g/mol. The third kappa shape index (κ3) is 3.37. The van der Waals surface area contributed by atoms with Crippen LogP contribution in [0, 0.1) is 0 Å². The van der Waals surface area contributed by atoms with Crippen molar-refractivity contribution in [2.24, 2.45) is 0 Å². The van der Waals surface area contributed by atoms with E-state index in [1.807, 2.05) is 24.3 Å². The van der Waals surface area contributed by atoms with Gasteiger partial charge in [-0.1, -0.05) is 0 Å². The van der Waals surface area contributed by atoms with Crippen LogP contribution in [0.3, 0.4) is 0 Å². The zero-order valence-electron chi connectivity index (χ0n) is 10.5. The minimum absolute atomic E-state index is 0.0294. The van der Waals surface area contributed by atoms with Gasteiger partial charge < -0.3 is 0 Å². The first kappa shape index (κ1) is 13.7. The van der Waals surface area contributed by atoms with Gasteiger partial charge in [-0.3, -0.25) is 0 Å². The number of ether oxygens (including phenoxy) is 1. The number of hydrogen-bond acceptors (Lipinski definition) is 2. The molecule has 19 heavy (non-hydrogen) atoms. The molecule has 0 saturated carbocycles. The van der Waals surface area contributed by atoms with Crippen LogP contribution in [-0.2, 0) is 5.32 Å². The van der Waals surface area contributed by atoms with Crippen LogP contribution in [0.15, 0.2) is 48.5 Å². The molecule has 2 aromatic rings. The van der Waals surface area contributed by atoms with Crippen molar-refractivity contribution >= 4 is 25.4 Å². The Labute approximate surface area is 118 Å². The third-order valence-electron chi connectivity index (χ3n) is 2.66. The second kappa shape index (κ2) is 6.41. The van der Waals surface area contributed by atoms with Gasteiger partial charge in [0.2, 0.25) is 0 Å². The van der Waals surface area contributed by atoms with Crippen LogP contribution in [0.2, 0.25) is 0 Å². The Morgan fingerprint density at radius 2 is 1.89 bits per heavy atom. The summed E-state index contributed by atoms with van der Waals surface area (Å²) in [7, 11) is 1.57. The molecule has 2 aromatic carbocycles. The zero-order chi connectivity index (χ0) is 13.7. The van der Waals surface area contributed by atoms with Crippen molar-refractivity contribution in [3.8, 4) is 5.75 Å².